The van der Waals surface area contributed by atoms with E-state index in [1.165, 1.54) is 6.42 Å². The van der Waals surface area contributed by atoms with Gasteiger partial charge in [-0.2, -0.15) is 5.84 Å². The topological polar surface area (TPSA) is 54.3 Å². The van der Waals surface area contributed by atoms with Crippen molar-refractivity contribution < 1.29 is 5.12 Å². The van der Waals surface area contributed by atoms with Crippen LogP contribution in [0.25, 0.3) is 5.84 Å². The van der Waals surface area contributed by atoms with Crippen molar-refractivity contribution in [1.29, 1.82) is 0 Å². The highest BCUT2D eigenvalue weighted by atomic mass is 15.6. The van der Waals surface area contributed by atoms with Crippen molar-refractivity contribution >= 4 is 0 Å². The van der Waals surface area contributed by atoms with Gasteiger partial charge in [-0.05, 0) is 12.3 Å². The van der Waals surface area contributed by atoms with Gasteiger partial charge in [0.1, 0.15) is 6.04 Å². The Morgan fingerprint density at radius 3 is 2.50 bits per heavy atom. The van der Waals surface area contributed by atoms with E-state index in [0.29, 0.717) is 17.1 Å². The molecule has 4 unspecified atom stereocenters. The molecule has 0 amide bonds. The molecule has 4 N–H and O–H groups in total. The quantitative estimate of drug-likeness (QED) is 0.292. The number of allylic oxidation sites excluding steroid dienone is 1. The van der Waals surface area contributed by atoms with Crippen molar-refractivity contribution in [3.05, 3.63) is 18.0 Å². The van der Waals surface area contributed by atoms with E-state index in [-0.39, 0.29) is 0 Å². The molecule has 2 aliphatic carbocycles. The second kappa shape index (κ2) is 2.05. The molecule has 2 bridgehead atoms. The number of hydrogen-bond donors (Lipinski definition) is 2. The van der Waals surface area contributed by atoms with Crippen LogP contribution in [0.4, 0.5) is 0 Å². The summed E-state index contributed by atoms with van der Waals surface area (Å²) in [6.07, 6.45) is 6.85. The van der Waals surface area contributed by atoms with Crippen molar-refractivity contribution in [2.75, 3.05) is 0 Å². The van der Waals surface area contributed by atoms with Gasteiger partial charge in [0.05, 0.1) is 0 Å². The Hall–Kier alpha value is -0.380. The largest absolute Gasteiger partial charge is 0.449 e. The van der Waals surface area contributed by atoms with Crippen LogP contribution in [0.2, 0.25) is 0 Å². The van der Waals surface area contributed by atoms with Gasteiger partial charge in [0.25, 0.3) is 0 Å². The van der Waals surface area contributed by atoms with E-state index in [2.05, 4.69) is 12.2 Å². The van der Waals surface area contributed by atoms with E-state index in [1.54, 1.807) is 0 Å². The van der Waals surface area contributed by atoms with Gasteiger partial charge in [0.2, 0.25) is 0 Å². The van der Waals surface area contributed by atoms with Crippen LogP contribution < -0.4 is 11.0 Å². The third-order valence-corrected chi connectivity index (χ3v) is 2.68. The van der Waals surface area contributed by atoms with Crippen LogP contribution in [-0.4, -0.2) is 6.04 Å². The molecule has 4 atom stereocenters. The lowest BCUT2D eigenvalue weighted by Crippen LogP contribution is -3.16. The number of nitrogens with two attached hydrogens (primary N) is 1. The minimum absolute atomic E-state index is 0.370. The molecular weight excluding hydrogens is 126 g/mol. The highest BCUT2D eigenvalue weighted by Gasteiger charge is 2.38. The maximum atomic E-state index is 7.29. The molecule has 0 aliphatic heterocycles. The Bertz CT molecular complexity index is 164. The molecule has 0 heterocycles. The molecule has 3 nitrogen and oxygen atoms in total. The van der Waals surface area contributed by atoms with Gasteiger partial charge < -0.3 is 11.0 Å². The smallest absolute Gasteiger partial charge is 0.102 e. The SMILES string of the molecule is [NH-][NH+](N)C1CC2C=CC1C2. The molecule has 0 spiro atoms. The molecule has 0 aromatic heterocycles. The molecule has 0 aromatic rings. The van der Waals surface area contributed by atoms with Crippen molar-refractivity contribution in [1.82, 2.24) is 0 Å². The first-order chi connectivity index (χ1) is 4.77. The molecule has 0 aromatic carbocycles. The number of hydrogen-bond acceptors (Lipinski definition) is 1. The molecule has 0 saturated heterocycles. The molecule has 10 heavy (non-hydrogen) atoms. The summed E-state index contributed by atoms with van der Waals surface area (Å²) < 4.78 is 0. The molecule has 1 saturated carbocycles. The highest BCUT2D eigenvalue weighted by Crippen LogP contribution is 2.37. The maximum Gasteiger partial charge on any atom is 0.102 e. The summed E-state index contributed by atoms with van der Waals surface area (Å²) in [6, 6.07) is 0.370. The van der Waals surface area contributed by atoms with Crippen molar-refractivity contribution in [3.63, 3.8) is 0 Å². The summed E-state index contributed by atoms with van der Waals surface area (Å²) in [7, 11) is 0. The van der Waals surface area contributed by atoms with E-state index in [4.69, 9.17) is 11.7 Å². The number of quaternary nitrogens is 1. The van der Waals surface area contributed by atoms with Crippen LogP contribution in [-0.2, 0) is 0 Å². The van der Waals surface area contributed by atoms with Crippen LogP contribution in [0.3, 0.4) is 0 Å². The molecule has 56 valence electrons. The fourth-order valence-corrected chi connectivity index (χ4v) is 2.14. The summed E-state index contributed by atoms with van der Waals surface area (Å²) >= 11 is 0. The molecule has 0 radical (unpaired) electrons. The second-order valence-corrected chi connectivity index (χ2v) is 3.34. The third kappa shape index (κ3) is 0.785. The van der Waals surface area contributed by atoms with Gasteiger partial charge in [0, 0.05) is 12.3 Å². The molecule has 2 aliphatic rings. The predicted molar refractivity (Wildman–Crippen MR) is 38.6 cm³/mol. The van der Waals surface area contributed by atoms with E-state index in [1.807, 2.05) is 0 Å². The van der Waals surface area contributed by atoms with Crippen molar-refractivity contribution in [3.8, 4) is 0 Å². The summed E-state index contributed by atoms with van der Waals surface area (Å²) in [4.78, 5) is 0. The van der Waals surface area contributed by atoms with Crippen LogP contribution >= 0.6 is 0 Å². The maximum absolute atomic E-state index is 7.29. The molecule has 3 heteroatoms. The highest BCUT2D eigenvalue weighted by molar-refractivity contribution is 5.10. The van der Waals surface area contributed by atoms with Crippen molar-refractivity contribution in [2.45, 2.75) is 18.9 Å². The first-order valence-electron chi connectivity index (χ1n) is 3.79. The van der Waals surface area contributed by atoms with Crippen LogP contribution in [0.1, 0.15) is 12.8 Å². The molecular formula is C7H13N3. The Kier molecular flexibility index (Phi) is 1.30. The minimum atomic E-state index is 0.370. The van der Waals surface area contributed by atoms with E-state index in [0.717, 1.165) is 12.3 Å². The lowest BCUT2D eigenvalue weighted by molar-refractivity contribution is -0.890. The standard InChI is InChI=1S/C7H13N3/c8-10(9)7-4-5-1-2-6(7)3-5/h1-2,5-8,10H,3-4,9H2. The summed E-state index contributed by atoms with van der Waals surface area (Å²) in [5.41, 5.74) is 0. The summed E-state index contributed by atoms with van der Waals surface area (Å²) in [5, 5.41) is 0.386. The first-order valence-corrected chi connectivity index (χ1v) is 3.79. The lowest BCUT2D eigenvalue weighted by Gasteiger charge is -2.26. The Labute approximate surface area is 60.6 Å². The van der Waals surface area contributed by atoms with Crippen LogP contribution in [0.5, 0.6) is 0 Å². The Morgan fingerprint density at radius 2 is 2.20 bits per heavy atom. The van der Waals surface area contributed by atoms with Gasteiger partial charge in [-0.3, -0.25) is 0 Å². The van der Waals surface area contributed by atoms with E-state index < -0.39 is 0 Å². The summed E-state index contributed by atoms with van der Waals surface area (Å²) in [5.74, 6) is 14.1. The monoisotopic (exact) mass is 139 g/mol. The second-order valence-electron chi connectivity index (χ2n) is 3.34. The average molecular weight is 139 g/mol. The Balaban J connectivity index is 2.09. The number of rotatable bonds is 1. The van der Waals surface area contributed by atoms with E-state index in [9.17, 15) is 0 Å². The zero-order valence-corrected chi connectivity index (χ0v) is 5.88. The predicted octanol–water partition coefficient (Wildman–Crippen LogP) is -0.323. The fraction of sp³-hybridized carbons (Fsp3) is 0.714. The number of nitrogens with one attached hydrogen (secondary N) is 2. The van der Waals surface area contributed by atoms with Crippen LogP contribution in [0.15, 0.2) is 12.2 Å². The van der Waals surface area contributed by atoms with Gasteiger partial charge in [0.15, 0.2) is 0 Å². The lowest BCUT2D eigenvalue weighted by atomic mass is 10.0. The third-order valence-electron chi connectivity index (χ3n) is 2.68. The fourth-order valence-electron chi connectivity index (χ4n) is 2.14. The Morgan fingerprint density at radius 1 is 1.40 bits per heavy atom. The van der Waals surface area contributed by atoms with E-state index >= 15 is 0 Å². The van der Waals surface area contributed by atoms with Crippen molar-refractivity contribution in [2.24, 2.45) is 17.7 Å². The average Bonchev–Trinajstić information content (AvgIpc) is 2.44. The zero-order chi connectivity index (χ0) is 7.14. The number of fused-ring (bicyclic) bond motifs is 2. The van der Waals surface area contributed by atoms with Gasteiger partial charge in [-0.1, -0.05) is 12.2 Å². The molecule has 1 fully saturated rings. The van der Waals surface area contributed by atoms with Gasteiger partial charge >= 0.3 is 0 Å². The zero-order valence-electron chi connectivity index (χ0n) is 5.88. The van der Waals surface area contributed by atoms with Gasteiger partial charge in [-0.25, -0.2) is 0 Å². The summed E-state index contributed by atoms with van der Waals surface area (Å²) in [6.45, 7) is 0. The molecule has 2 rings (SSSR count). The minimum Gasteiger partial charge on any atom is -0.449 e. The first kappa shape index (κ1) is 6.34. The normalized spacial score (nSPS) is 46.4. The van der Waals surface area contributed by atoms with Gasteiger partial charge in [-0.15, -0.1) is 0 Å². The van der Waals surface area contributed by atoms with Crippen LogP contribution in [0, 0.1) is 11.8 Å².